The quantitative estimate of drug-likeness (QED) is 0.887. The summed E-state index contributed by atoms with van der Waals surface area (Å²) in [6, 6.07) is 3.63. The van der Waals surface area contributed by atoms with Crippen LogP contribution in [0.2, 0.25) is 0 Å². The van der Waals surface area contributed by atoms with E-state index in [1.807, 2.05) is 13.0 Å². The van der Waals surface area contributed by atoms with Crippen molar-refractivity contribution in [3.8, 4) is 11.5 Å². The Morgan fingerprint density at radius 3 is 2.16 bits per heavy atom. The molecule has 0 aliphatic rings. The zero-order valence-corrected chi connectivity index (χ0v) is 12.3. The molecule has 0 saturated heterocycles. The Hall–Kier alpha value is -1.91. The zero-order valence-electron chi connectivity index (χ0n) is 12.3. The van der Waals surface area contributed by atoms with E-state index in [1.165, 1.54) is 0 Å². The number of ether oxygens (including phenoxy) is 2. The number of benzene rings is 1. The number of nitrogens with zero attached hydrogens (tertiary/aromatic N) is 1. The fourth-order valence-corrected chi connectivity index (χ4v) is 1.74. The average Bonchev–Trinajstić information content (AvgIpc) is 2.37. The molecule has 1 rings (SSSR count). The minimum Gasteiger partial charge on any atom is -0.496 e. The van der Waals surface area contributed by atoms with Gasteiger partial charge in [-0.25, -0.2) is 4.79 Å². The number of aliphatic carboxylic acids is 1. The van der Waals surface area contributed by atoms with Crippen LogP contribution in [0.1, 0.15) is 19.4 Å². The van der Waals surface area contributed by atoms with E-state index in [0.29, 0.717) is 17.2 Å². The van der Waals surface area contributed by atoms with Gasteiger partial charge in [0.05, 0.1) is 19.9 Å². The molecule has 0 fully saturated rings. The first-order chi connectivity index (χ1) is 8.75. The van der Waals surface area contributed by atoms with Gasteiger partial charge in [0.15, 0.2) is 0 Å². The summed E-state index contributed by atoms with van der Waals surface area (Å²) in [5.41, 5.74) is 0.565. The van der Waals surface area contributed by atoms with Gasteiger partial charge in [0.1, 0.15) is 17.0 Å². The molecule has 0 spiro atoms. The molecule has 0 aromatic heterocycles. The van der Waals surface area contributed by atoms with E-state index in [1.54, 1.807) is 46.1 Å². The van der Waals surface area contributed by atoms with Crippen molar-refractivity contribution in [3.63, 3.8) is 0 Å². The van der Waals surface area contributed by atoms with E-state index in [9.17, 15) is 9.90 Å². The lowest BCUT2D eigenvalue weighted by Crippen LogP contribution is -2.48. The Balaban J connectivity index is 3.36. The molecule has 1 aromatic carbocycles. The SMILES string of the molecule is COc1cc(N(C)C(C)(C)C(=O)O)c(OC)cc1C. The first kappa shape index (κ1) is 15.1. The van der Waals surface area contributed by atoms with Gasteiger partial charge in [0.2, 0.25) is 0 Å². The smallest absolute Gasteiger partial charge is 0.328 e. The third-order valence-electron chi connectivity index (χ3n) is 3.42. The molecule has 0 aliphatic heterocycles. The normalized spacial score (nSPS) is 11.1. The molecule has 0 heterocycles. The van der Waals surface area contributed by atoms with Crippen molar-refractivity contribution >= 4 is 11.7 Å². The fraction of sp³-hybridized carbons (Fsp3) is 0.500. The summed E-state index contributed by atoms with van der Waals surface area (Å²) in [6.07, 6.45) is 0. The molecule has 0 atom stereocenters. The lowest BCUT2D eigenvalue weighted by molar-refractivity contribution is -0.142. The van der Waals surface area contributed by atoms with Gasteiger partial charge < -0.3 is 19.5 Å². The summed E-state index contributed by atoms with van der Waals surface area (Å²) in [5.74, 6) is 0.413. The summed E-state index contributed by atoms with van der Waals surface area (Å²) in [5, 5.41) is 9.30. The number of rotatable bonds is 5. The molecule has 0 saturated carbocycles. The highest BCUT2D eigenvalue weighted by Crippen LogP contribution is 2.37. The molecule has 0 amide bonds. The monoisotopic (exact) mass is 267 g/mol. The van der Waals surface area contributed by atoms with Gasteiger partial charge in [-0.15, -0.1) is 0 Å². The molecule has 19 heavy (non-hydrogen) atoms. The molecule has 106 valence electrons. The number of likely N-dealkylation sites (N-methyl/N-ethyl adjacent to an activating group) is 1. The minimum absolute atomic E-state index is 0.620. The summed E-state index contributed by atoms with van der Waals surface area (Å²) in [6.45, 7) is 5.19. The lowest BCUT2D eigenvalue weighted by atomic mass is 10.0. The van der Waals surface area contributed by atoms with Crippen LogP contribution in [-0.2, 0) is 4.79 Å². The van der Waals surface area contributed by atoms with Crippen molar-refractivity contribution in [2.75, 3.05) is 26.2 Å². The second-order valence-corrected chi connectivity index (χ2v) is 4.92. The Kier molecular flexibility index (Phi) is 4.29. The van der Waals surface area contributed by atoms with Crippen LogP contribution in [-0.4, -0.2) is 37.9 Å². The van der Waals surface area contributed by atoms with Gasteiger partial charge in [0, 0.05) is 13.1 Å². The van der Waals surface area contributed by atoms with E-state index < -0.39 is 11.5 Å². The van der Waals surface area contributed by atoms with Crippen molar-refractivity contribution in [1.82, 2.24) is 0 Å². The molecular weight excluding hydrogens is 246 g/mol. The van der Waals surface area contributed by atoms with E-state index in [0.717, 1.165) is 5.56 Å². The van der Waals surface area contributed by atoms with Crippen molar-refractivity contribution in [2.45, 2.75) is 26.3 Å². The molecule has 1 N–H and O–H groups in total. The summed E-state index contributed by atoms with van der Waals surface area (Å²) in [4.78, 5) is 13.0. The summed E-state index contributed by atoms with van der Waals surface area (Å²) in [7, 11) is 4.87. The van der Waals surface area contributed by atoms with Gasteiger partial charge in [-0.2, -0.15) is 0 Å². The van der Waals surface area contributed by atoms with Crippen LogP contribution in [0.15, 0.2) is 12.1 Å². The van der Waals surface area contributed by atoms with Gasteiger partial charge >= 0.3 is 5.97 Å². The molecule has 5 heteroatoms. The fourth-order valence-electron chi connectivity index (χ4n) is 1.74. The molecular formula is C14H21NO4. The van der Waals surface area contributed by atoms with Crippen LogP contribution in [0, 0.1) is 6.92 Å². The Labute approximate surface area is 113 Å². The molecule has 5 nitrogen and oxygen atoms in total. The maximum atomic E-state index is 11.3. The number of aryl methyl sites for hydroxylation is 1. The van der Waals surface area contributed by atoms with Crippen molar-refractivity contribution in [3.05, 3.63) is 17.7 Å². The van der Waals surface area contributed by atoms with Crippen LogP contribution in [0.4, 0.5) is 5.69 Å². The standard InChI is InChI=1S/C14H21NO4/c1-9-7-12(19-6)10(8-11(9)18-5)15(4)14(2,3)13(16)17/h7-8H,1-6H3,(H,16,17). The maximum Gasteiger partial charge on any atom is 0.328 e. The number of carboxylic acid groups (broad SMARTS) is 1. The van der Waals surface area contributed by atoms with E-state index in [4.69, 9.17) is 9.47 Å². The van der Waals surface area contributed by atoms with Crippen molar-refractivity contribution < 1.29 is 19.4 Å². The summed E-state index contributed by atoms with van der Waals surface area (Å²) < 4.78 is 10.6. The van der Waals surface area contributed by atoms with Crippen LogP contribution >= 0.6 is 0 Å². The predicted octanol–water partition coefficient (Wildman–Crippen LogP) is 2.31. The second kappa shape index (κ2) is 5.38. The highest BCUT2D eigenvalue weighted by atomic mass is 16.5. The largest absolute Gasteiger partial charge is 0.496 e. The van der Waals surface area contributed by atoms with E-state index in [-0.39, 0.29) is 0 Å². The molecule has 0 unspecified atom stereocenters. The van der Waals surface area contributed by atoms with Gasteiger partial charge in [-0.3, -0.25) is 0 Å². The molecule has 0 radical (unpaired) electrons. The maximum absolute atomic E-state index is 11.3. The zero-order chi connectivity index (χ0) is 14.8. The predicted molar refractivity (Wildman–Crippen MR) is 74.4 cm³/mol. The third kappa shape index (κ3) is 2.75. The number of hydrogen-bond acceptors (Lipinski definition) is 4. The van der Waals surface area contributed by atoms with Gasteiger partial charge in [-0.1, -0.05) is 0 Å². The molecule has 1 aromatic rings. The number of hydrogen-bond donors (Lipinski definition) is 1. The average molecular weight is 267 g/mol. The Morgan fingerprint density at radius 1 is 1.21 bits per heavy atom. The van der Waals surface area contributed by atoms with Gasteiger partial charge in [-0.05, 0) is 32.4 Å². The number of carboxylic acids is 1. The van der Waals surface area contributed by atoms with E-state index >= 15 is 0 Å². The van der Waals surface area contributed by atoms with Crippen LogP contribution in [0.5, 0.6) is 11.5 Å². The van der Waals surface area contributed by atoms with Crippen LogP contribution in [0.3, 0.4) is 0 Å². The third-order valence-corrected chi connectivity index (χ3v) is 3.42. The number of anilines is 1. The number of methoxy groups -OCH3 is 2. The highest BCUT2D eigenvalue weighted by Gasteiger charge is 2.34. The topological polar surface area (TPSA) is 59.0 Å². The number of carbonyl (C=O) groups is 1. The molecule has 0 bridgehead atoms. The van der Waals surface area contributed by atoms with Gasteiger partial charge in [0.25, 0.3) is 0 Å². The first-order valence-corrected chi connectivity index (χ1v) is 5.95. The van der Waals surface area contributed by atoms with Crippen LogP contribution in [0.25, 0.3) is 0 Å². The highest BCUT2D eigenvalue weighted by molar-refractivity contribution is 5.83. The van der Waals surface area contributed by atoms with Crippen molar-refractivity contribution in [1.29, 1.82) is 0 Å². The second-order valence-electron chi connectivity index (χ2n) is 4.92. The minimum atomic E-state index is -1.05. The van der Waals surface area contributed by atoms with E-state index in [2.05, 4.69) is 0 Å². The Bertz CT molecular complexity index is 483. The lowest BCUT2D eigenvalue weighted by Gasteiger charge is -2.34. The Morgan fingerprint density at radius 2 is 1.74 bits per heavy atom. The first-order valence-electron chi connectivity index (χ1n) is 5.95. The van der Waals surface area contributed by atoms with Crippen molar-refractivity contribution in [2.24, 2.45) is 0 Å². The summed E-state index contributed by atoms with van der Waals surface area (Å²) >= 11 is 0. The van der Waals surface area contributed by atoms with Crippen LogP contribution < -0.4 is 14.4 Å². The molecule has 0 aliphatic carbocycles.